The number of amides is 4. The Labute approximate surface area is 270 Å². The van der Waals surface area contributed by atoms with Gasteiger partial charge in [-0.05, 0) is 66.2 Å². The van der Waals surface area contributed by atoms with Crippen LogP contribution in [0.2, 0.25) is 0 Å². The first kappa shape index (κ1) is 31.7. The summed E-state index contributed by atoms with van der Waals surface area (Å²) in [5, 5.41) is -1.29. The summed E-state index contributed by atoms with van der Waals surface area (Å²) in [6, 6.07) is 28.2. The van der Waals surface area contributed by atoms with Crippen LogP contribution in [-0.2, 0) is 9.59 Å². The van der Waals surface area contributed by atoms with E-state index in [0.29, 0.717) is 17.2 Å². The molecule has 0 bridgehead atoms. The molecule has 1 aliphatic heterocycles. The molecular weight excluding hydrogens is 604 g/mol. The summed E-state index contributed by atoms with van der Waals surface area (Å²) in [7, 11) is 2.93. The molecule has 1 aliphatic rings. The van der Waals surface area contributed by atoms with Crippen molar-refractivity contribution in [2.75, 3.05) is 19.1 Å². The molecule has 232 valence electrons. The average Bonchev–Trinajstić information content (AvgIpc) is 3.41. The quantitative estimate of drug-likeness (QED) is 0.195. The lowest BCUT2D eigenvalue weighted by Crippen LogP contribution is -2.43. The minimum absolute atomic E-state index is 0.209. The molecule has 4 N–H and O–H groups in total. The number of carbonyl (C=O) groups is 4. The maximum Gasteiger partial charge on any atom is 0.269 e. The number of benzene rings is 4. The number of nitrogens with one attached hydrogen (secondary N) is 2. The predicted octanol–water partition coefficient (Wildman–Crippen LogP) is 4.20. The second kappa shape index (κ2) is 14.4. The van der Waals surface area contributed by atoms with E-state index < -0.39 is 28.3 Å². The highest BCUT2D eigenvalue weighted by Gasteiger charge is 2.43. The van der Waals surface area contributed by atoms with Crippen LogP contribution in [0.25, 0.3) is 0 Å². The number of anilines is 1. The molecule has 0 aromatic heterocycles. The van der Waals surface area contributed by atoms with E-state index in [4.69, 9.17) is 15.2 Å². The summed E-state index contributed by atoms with van der Waals surface area (Å²) in [4.78, 5) is 52.9. The molecule has 10 nitrogen and oxygen atoms in total. The van der Waals surface area contributed by atoms with Gasteiger partial charge in [-0.3, -0.25) is 34.9 Å². The van der Waals surface area contributed by atoms with Crippen molar-refractivity contribution in [2.24, 2.45) is 5.73 Å². The topological polar surface area (TPSA) is 140 Å². The minimum Gasteiger partial charge on any atom is -0.493 e. The second-order valence-electron chi connectivity index (χ2n) is 10.1. The van der Waals surface area contributed by atoms with E-state index in [9.17, 15) is 19.2 Å². The third kappa shape index (κ3) is 7.31. The van der Waals surface area contributed by atoms with Crippen LogP contribution < -0.4 is 31.0 Å². The van der Waals surface area contributed by atoms with E-state index in [2.05, 4.69) is 22.7 Å². The lowest BCUT2D eigenvalue weighted by Gasteiger charge is -2.24. The molecule has 1 saturated heterocycles. The highest BCUT2D eigenvalue weighted by atomic mass is 32.2. The van der Waals surface area contributed by atoms with Crippen LogP contribution in [0.1, 0.15) is 49.2 Å². The molecule has 0 aliphatic carbocycles. The molecule has 4 aromatic carbocycles. The van der Waals surface area contributed by atoms with Gasteiger partial charge in [0.15, 0.2) is 11.5 Å². The van der Waals surface area contributed by atoms with E-state index in [0.717, 1.165) is 16.7 Å². The molecule has 4 aromatic rings. The summed E-state index contributed by atoms with van der Waals surface area (Å²) in [5.41, 5.74) is 13.7. The fourth-order valence-corrected chi connectivity index (χ4v) is 6.22. The summed E-state index contributed by atoms with van der Waals surface area (Å²) in [6.45, 7) is 0. The van der Waals surface area contributed by atoms with Crippen molar-refractivity contribution in [3.05, 3.63) is 125 Å². The Balaban J connectivity index is 1.33. The van der Waals surface area contributed by atoms with Gasteiger partial charge >= 0.3 is 0 Å². The minimum atomic E-state index is -0.780. The summed E-state index contributed by atoms with van der Waals surface area (Å²) in [5.74, 6) is 5.00. The number of carbonyl (C=O) groups excluding carboxylic acids is 4. The largest absolute Gasteiger partial charge is 0.493 e. The lowest BCUT2D eigenvalue weighted by molar-refractivity contribution is -0.125. The van der Waals surface area contributed by atoms with Gasteiger partial charge in [0.05, 0.1) is 19.5 Å². The standard InChI is InChI=1S/C35H30N4O6S/c1-44-28-18-17-26(20-29(28)45-2)33(42)38-37-31(40)21-30-34(43)39(27-10-6-9-25(19-27)32(36)41)35(46-30)24-15-13-23(14-16-24)12-11-22-7-4-3-5-8-22/h3-10,13-20,30,35H,21H2,1-2H3,(H2,36,41)(H,37,40)(H,38,42)/t30-,35+/m1/s1. The number of methoxy groups -OCH3 is 2. The van der Waals surface area contributed by atoms with Gasteiger partial charge < -0.3 is 15.2 Å². The Bertz CT molecular complexity index is 1840. The average molecular weight is 635 g/mol. The molecular formula is C35H30N4O6S. The van der Waals surface area contributed by atoms with Crippen molar-refractivity contribution in [1.82, 2.24) is 10.9 Å². The van der Waals surface area contributed by atoms with Crippen LogP contribution in [0.3, 0.4) is 0 Å². The number of hydrogen-bond acceptors (Lipinski definition) is 7. The van der Waals surface area contributed by atoms with Crippen LogP contribution in [0.15, 0.2) is 97.1 Å². The van der Waals surface area contributed by atoms with Crippen LogP contribution in [0.5, 0.6) is 11.5 Å². The van der Waals surface area contributed by atoms with Crippen molar-refractivity contribution in [3.8, 4) is 23.3 Å². The highest BCUT2D eigenvalue weighted by molar-refractivity contribution is 8.01. The van der Waals surface area contributed by atoms with Crippen molar-refractivity contribution >= 4 is 41.1 Å². The van der Waals surface area contributed by atoms with E-state index in [1.807, 2.05) is 54.6 Å². The van der Waals surface area contributed by atoms with E-state index in [1.54, 1.807) is 35.2 Å². The third-order valence-corrected chi connectivity index (χ3v) is 8.54. The number of ether oxygens (including phenoxy) is 2. The maximum absolute atomic E-state index is 13.8. The number of hydrazine groups is 1. The van der Waals surface area contributed by atoms with Gasteiger partial charge in [0.25, 0.3) is 5.91 Å². The Morgan fingerprint density at radius 2 is 1.50 bits per heavy atom. The number of nitrogens with zero attached hydrogens (tertiary/aromatic N) is 1. The molecule has 2 atom stereocenters. The smallest absolute Gasteiger partial charge is 0.269 e. The van der Waals surface area contributed by atoms with Gasteiger partial charge in [-0.15, -0.1) is 11.8 Å². The summed E-state index contributed by atoms with van der Waals surface area (Å²) < 4.78 is 10.4. The van der Waals surface area contributed by atoms with Crippen molar-refractivity contribution in [3.63, 3.8) is 0 Å². The van der Waals surface area contributed by atoms with E-state index in [-0.39, 0.29) is 23.5 Å². The zero-order valence-corrected chi connectivity index (χ0v) is 25.8. The van der Waals surface area contributed by atoms with Gasteiger partial charge in [-0.25, -0.2) is 0 Å². The molecule has 11 heteroatoms. The Hall–Kier alpha value is -5.73. The Morgan fingerprint density at radius 1 is 0.804 bits per heavy atom. The zero-order chi connectivity index (χ0) is 32.6. The summed E-state index contributed by atoms with van der Waals surface area (Å²) in [6.07, 6.45) is -0.209. The fraction of sp³-hybridized carbons (Fsp3) is 0.143. The number of rotatable bonds is 8. The first-order valence-electron chi connectivity index (χ1n) is 14.1. The first-order chi connectivity index (χ1) is 22.3. The normalized spacial score (nSPS) is 15.3. The predicted molar refractivity (Wildman–Crippen MR) is 175 cm³/mol. The van der Waals surface area contributed by atoms with Crippen LogP contribution in [0, 0.1) is 11.8 Å². The molecule has 0 saturated carbocycles. The van der Waals surface area contributed by atoms with Crippen molar-refractivity contribution < 1.29 is 28.7 Å². The molecule has 5 rings (SSSR count). The molecule has 46 heavy (non-hydrogen) atoms. The maximum atomic E-state index is 13.8. The Morgan fingerprint density at radius 3 is 2.17 bits per heavy atom. The van der Waals surface area contributed by atoms with E-state index >= 15 is 0 Å². The molecule has 0 unspecified atom stereocenters. The molecule has 0 spiro atoms. The lowest BCUT2D eigenvalue weighted by atomic mass is 10.1. The van der Waals surface area contributed by atoms with Gasteiger partial charge in [-0.1, -0.05) is 48.2 Å². The number of thioether (sulfide) groups is 1. The zero-order valence-electron chi connectivity index (χ0n) is 25.0. The van der Waals surface area contributed by atoms with Gasteiger partial charge in [0, 0.05) is 34.4 Å². The SMILES string of the molecule is COc1ccc(C(=O)NNC(=O)C[C@H]2S[C@@H](c3ccc(C#Cc4ccccc4)cc3)N(c3cccc(C(N)=O)c3)C2=O)cc1OC. The highest BCUT2D eigenvalue weighted by Crippen LogP contribution is 2.46. The van der Waals surface area contributed by atoms with Crippen LogP contribution in [0.4, 0.5) is 5.69 Å². The fourth-order valence-electron chi connectivity index (χ4n) is 4.77. The monoisotopic (exact) mass is 634 g/mol. The number of hydrogen-bond donors (Lipinski definition) is 3. The Kier molecular flexibility index (Phi) is 9.90. The summed E-state index contributed by atoms with van der Waals surface area (Å²) >= 11 is 1.29. The first-order valence-corrected chi connectivity index (χ1v) is 15.1. The molecule has 4 amide bonds. The van der Waals surface area contributed by atoms with Crippen molar-refractivity contribution in [1.29, 1.82) is 0 Å². The third-order valence-electron chi connectivity index (χ3n) is 7.10. The van der Waals surface area contributed by atoms with E-state index in [1.165, 1.54) is 38.1 Å². The number of nitrogens with two attached hydrogens (primary N) is 1. The van der Waals surface area contributed by atoms with Crippen LogP contribution >= 0.6 is 11.8 Å². The molecule has 1 heterocycles. The molecule has 0 radical (unpaired) electrons. The molecule has 1 fully saturated rings. The van der Waals surface area contributed by atoms with Gasteiger partial charge in [0.1, 0.15) is 5.37 Å². The van der Waals surface area contributed by atoms with Gasteiger partial charge in [-0.2, -0.15) is 0 Å². The van der Waals surface area contributed by atoms with Gasteiger partial charge in [0.2, 0.25) is 17.7 Å². The second-order valence-corrected chi connectivity index (χ2v) is 11.4. The number of primary amides is 1. The van der Waals surface area contributed by atoms with Crippen LogP contribution in [-0.4, -0.2) is 43.1 Å². The van der Waals surface area contributed by atoms with Crippen molar-refractivity contribution in [2.45, 2.75) is 17.0 Å².